The fourth-order valence-electron chi connectivity index (χ4n) is 2.64. The summed E-state index contributed by atoms with van der Waals surface area (Å²) in [5.41, 5.74) is 3.73. The van der Waals surface area contributed by atoms with Crippen molar-refractivity contribution in [3.05, 3.63) is 54.4 Å². The third-order valence-corrected chi connectivity index (χ3v) is 3.95. The molecule has 9 heteroatoms. The minimum atomic E-state index is 0.0910. The zero-order valence-corrected chi connectivity index (χ0v) is 14.6. The van der Waals surface area contributed by atoms with E-state index in [-0.39, 0.29) is 6.61 Å². The van der Waals surface area contributed by atoms with Crippen molar-refractivity contribution in [1.82, 2.24) is 29.9 Å². The first-order chi connectivity index (χ1) is 13.3. The van der Waals surface area contributed by atoms with Crippen LogP contribution in [0.2, 0.25) is 0 Å². The van der Waals surface area contributed by atoms with Gasteiger partial charge in [-0.15, -0.1) is 5.10 Å². The van der Waals surface area contributed by atoms with Crippen molar-refractivity contribution in [2.24, 2.45) is 0 Å². The number of aliphatic hydroxyl groups is 1. The molecule has 136 valence electrons. The number of hydrogen-bond donors (Lipinski definition) is 2. The van der Waals surface area contributed by atoms with Gasteiger partial charge in [0.2, 0.25) is 11.8 Å². The number of pyridine rings is 1. The number of benzene rings is 1. The van der Waals surface area contributed by atoms with Gasteiger partial charge in [0.05, 0.1) is 30.9 Å². The van der Waals surface area contributed by atoms with Gasteiger partial charge in [-0.3, -0.25) is 0 Å². The summed E-state index contributed by atoms with van der Waals surface area (Å²) in [6, 6.07) is 11.3. The van der Waals surface area contributed by atoms with Gasteiger partial charge < -0.3 is 15.2 Å². The van der Waals surface area contributed by atoms with Crippen LogP contribution in [0.4, 0.5) is 11.6 Å². The number of ether oxygens (including phenoxy) is 1. The lowest BCUT2D eigenvalue weighted by Gasteiger charge is -2.07. The van der Waals surface area contributed by atoms with E-state index < -0.39 is 0 Å². The van der Waals surface area contributed by atoms with E-state index in [0.29, 0.717) is 29.4 Å². The first-order valence-corrected chi connectivity index (χ1v) is 8.32. The van der Waals surface area contributed by atoms with Crippen LogP contribution in [-0.4, -0.2) is 48.8 Å². The van der Waals surface area contributed by atoms with Gasteiger partial charge in [-0.25, -0.2) is 9.97 Å². The summed E-state index contributed by atoms with van der Waals surface area (Å²) in [7, 11) is 1.57. The van der Waals surface area contributed by atoms with Gasteiger partial charge in [-0.1, -0.05) is 17.3 Å². The molecule has 0 fully saturated rings. The number of aliphatic hydroxyl groups excluding tert-OH is 1. The van der Waals surface area contributed by atoms with Crippen LogP contribution in [0.3, 0.4) is 0 Å². The molecule has 0 unspecified atom stereocenters. The normalized spacial score (nSPS) is 10.9. The van der Waals surface area contributed by atoms with Crippen LogP contribution in [0.1, 0.15) is 5.56 Å². The SMILES string of the molecule is COc1ccc(Nc2ncc3nnn(-c4cccc(CCO)c4)c3n2)cn1. The van der Waals surface area contributed by atoms with Gasteiger partial charge in [0.1, 0.15) is 0 Å². The molecule has 9 nitrogen and oxygen atoms in total. The minimum absolute atomic E-state index is 0.0910. The molecular formula is C18H17N7O2. The Labute approximate surface area is 154 Å². The Bertz CT molecular complexity index is 1060. The van der Waals surface area contributed by atoms with E-state index in [0.717, 1.165) is 16.9 Å². The molecule has 0 aliphatic rings. The standard InChI is InChI=1S/C18H17N7O2/c1-27-16-6-5-13(10-19-16)21-18-20-11-15-17(22-18)25(24-23-15)14-4-2-3-12(9-14)7-8-26/h2-6,9-11,26H,7-8H2,1H3,(H,20,21,22). The molecule has 0 spiro atoms. The van der Waals surface area contributed by atoms with Crippen molar-refractivity contribution < 1.29 is 9.84 Å². The molecule has 4 rings (SSSR count). The Morgan fingerprint density at radius 2 is 2.07 bits per heavy atom. The lowest BCUT2D eigenvalue weighted by molar-refractivity contribution is 0.299. The molecule has 0 bridgehead atoms. The molecule has 0 atom stereocenters. The van der Waals surface area contributed by atoms with E-state index in [1.165, 1.54) is 0 Å². The highest BCUT2D eigenvalue weighted by Crippen LogP contribution is 2.19. The first-order valence-electron chi connectivity index (χ1n) is 8.32. The molecule has 0 aliphatic heterocycles. The molecule has 3 aromatic heterocycles. The van der Waals surface area contributed by atoms with E-state index in [2.05, 4.69) is 30.6 Å². The molecule has 0 saturated heterocycles. The Balaban J connectivity index is 1.67. The van der Waals surface area contributed by atoms with E-state index in [9.17, 15) is 0 Å². The minimum Gasteiger partial charge on any atom is -0.481 e. The largest absolute Gasteiger partial charge is 0.481 e. The number of aromatic nitrogens is 6. The van der Waals surface area contributed by atoms with Crippen LogP contribution in [0, 0.1) is 0 Å². The van der Waals surface area contributed by atoms with Crippen LogP contribution < -0.4 is 10.1 Å². The second-order valence-corrected chi connectivity index (χ2v) is 5.76. The first kappa shape index (κ1) is 16.9. The van der Waals surface area contributed by atoms with E-state index >= 15 is 0 Å². The lowest BCUT2D eigenvalue weighted by atomic mass is 10.1. The second kappa shape index (κ2) is 7.34. The molecule has 0 amide bonds. The molecule has 0 aliphatic carbocycles. The third kappa shape index (κ3) is 3.53. The van der Waals surface area contributed by atoms with Crippen molar-refractivity contribution in [3.63, 3.8) is 0 Å². The summed E-state index contributed by atoms with van der Waals surface area (Å²) >= 11 is 0. The number of anilines is 2. The smallest absolute Gasteiger partial charge is 0.229 e. The highest BCUT2D eigenvalue weighted by molar-refractivity contribution is 5.72. The van der Waals surface area contributed by atoms with Crippen molar-refractivity contribution in [1.29, 1.82) is 0 Å². The van der Waals surface area contributed by atoms with Gasteiger partial charge in [-0.2, -0.15) is 9.67 Å². The van der Waals surface area contributed by atoms with Gasteiger partial charge in [0.15, 0.2) is 11.2 Å². The summed E-state index contributed by atoms with van der Waals surface area (Å²) in [6.07, 6.45) is 3.83. The average Bonchev–Trinajstić information content (AvgIpc) is 3.12. The second-order valence-electron chi connectivity index (χ2n) is 5.76. The zero-order chi connectivity index (χ0) is 18.6. The summed E-state index contributed by atoms with van der Waals surface area (Å²) in [4.78, 5) is 12.9. The lowest BCUT2D eigenvalue weighted by Crippen LogP contribution is -2.02. The number of nitrogens with zero attached hydrogens (tertiary/aromatic N) is 6. The van der Waals surface area contributed by atoms with Gasteiger partial charge in [0, 0.05) is 12.7 Å². The molecule has 0 saturated carbocycles. The molecule has 3 heterocycles. The summed E-state index contributed by atoms with van der Waals surface area (Å²) in [5, 5.41) is 20.6. The van der Waals surface area contributed by atoms with Crippen LogP contribution >= 0.6 is 0 Å². The number of rotatable bonds is 6. The molecular weight excluding hydrogens is 346 g/mol. The van der Waals surface area contributed by atoms with E-state index in [1.807, 2.05) is 30.3 Å². The molecule has 4 aromatic rings. The van der Waals surface area contributed by atoms with Crippen LogP contribution in [0.15, 0.2) is 48.8 Å². The monoisotopic (exact) mass is 363 g/mol. The Kier molecular flexibility index (Phi) is 4.58. The predicted molar refractivity (Wildman–Crippen MR) is 99.3 cm³/mol. The molecule has 1 aromatic carbocycles. The zero-order valence-electron chi connectivity index (χ0n) is 14.6. The summed E-state index contributed by atoms with van der Waals surface area (Å²) < 4.78 is 6.70. The Morgan fingerprint density at radius 1 is 1.15 bits per heavy atom. The molecule has 2 N–H and O–H groups in total. The Morgan fingerprint density at radius 3 is 2.85 bits per heavy atom. The summed E-state index contributed by atoms with van der Waals surface area (Å²) in [5.74, 6) is 0.937. The number of hydrogen-bond acceptors (Lipinski definition) is 8. The fourth-order valence-corrected chi connectivity index (χ4v) is 2.64. The van der Waals surface area contributed by atoms with E-state index in [1.54, 1.807) is 30.3 Å². The average molecular weight is 363 g/mol. The quantitative estimate of drug-likeness (QED) is 0.534. The van der Waals surface area contributed by atoms with E-state index in [4.69, 9.17) is 9.84 Å². The number of fused-ring (bicyclic) bond motifs is 1. The van der Waals surface area contributed by atoms with Crippen LogP contribution in [-0.2, 0) is 6.42 Å². The van der Waals surface area contributed by atoms with Gasteiger partial charge >= 0.3 is 0 Å². The van der Waals surface area contributed by atoms with Crippen molar-refractivity contribution in [2.75, 3.05) is 19.0 Å². The van der Waals surface area contributed by atoms with Crippen LogP contribution in [0.25, 0.3) is 16.9 Å². The van der Waals surface area contributed by atoms with Gasteiger partial charge in [-0.05, 0) is 30.2 Å². The number of methoxy groups -OCH3 is 1. The topological polar surface area (TPSA) is 111 Å². The maximum atomic E-state index is 9.15. The van der Waals surface area contributed by atoms with Crippen LogP contribution in [0.5, 0.6) is 5.88 Å². The molecule has 0 radical (unpaired) electrons. The maximum Gasteiger partial charge on any atom is 0.229 e. The molecule has 27 heavy (non-hydrogen) atoms. The van der Waals surface area contributed by atoms with Crippen molar-refractivity contribution in [3.8, 4) is 11.6 Å². The number of nitrogens with one attached hydrogen (secondary N) is 1. The van der Waals surface area contributed by atoms with Gasteiger partial charge in [0.25, 0.3) is 0 Å². The predicted octanol–water partition coefficient (Wildman–Crippen LogP) is 1.89. The highest BCUT2D eigenvalue weighted by Gasteiger charge is 2.11. The highest BCUT2D eigenvalue weighted by atomic mass is 16.5. The fraction of sp³-hybridized carbons (Fsp3) is 0.167. The van der Waals surface area contributed by atoms with Crippen molar-refractivity contribution in [2.45, 2.75) is 6.42 Å². The van der Waals surface area contributed by atoms with Crippen molar-refractivity contribution >= 4 is 22.8 Å². The third-order valence-electron chi connectivity index (χ3n) is 3.95. The summed E-state index contributed by atoms with van der Waals surface area (Å²) in [6.45, 7) is 0.0910. The maximum absolute atomic E-state index is 9.15. The Hall–Kier alpha value is -3.59.